The third-order valence-corrected chi connectivity index (χ3v) is 9.09. The van der Waals surface area contributed by atoms with Gasteiger partial charge in [-0.3, -0.25) is 0 Å². The summed E-state index contributed by atoms with van der Waals surface area (Å²) in [6.07, 6.45) is 0.0409. The first-order valence-corrected chi connectivity index (χ1v) is 14.2. The summed E-state index contributed by atoms with van der Waals surface area (Å²) in [5.41, 5.74) is 9.72. The summed E-state index contributed by atoms with van der Waals surface area (Å²) >= 11 is 15.6. The van der Waals surface area contributed by atoms with E-state index in [-0.39, 0.29) is 6.17 Å². The van der Waals surface area contributed by atoms with Gasteiger partial charge in [0.25, 0.3) is 11.4 Å². The van der Waals surface area contributed by atoms with E-state index in [9.17, 15) is 0 Å². The second-order valence-corrected chi connectivity index (χ2v) is 12.4. The second kappa shape index (κ2) is 8.22. The van der Waals surface area contributed by atoms with Crippen molar-refractivity contribution < 1.29 is 9.15 Å². The molecule has 2 nitrogen and oxygen atoms in total. The van der Waals surface area contributed by atoms with E-state index in [4.69, 9.17) is 0 Å². The van der Waals surface area contributed by atoms with Crippen LogP contribution in [-0.4, -0.2) is 26.7 Å². The Hall–Kier alpha value is -1.60. The average molecular weight is 704 g/mol. The van der Waals surface area contributed by atoms with E-state index in [1.165, 1.54) is 44.4 Å². The minimum absolute atomic E-state index is 0.0409. The summed E-state index contributed by atoms with van der Waals surface area (Å²) in [6, 6.07) is 22.0. The molecule has 0 saturated heterocycles. The molecule has 0 amide bonds. The molecule has 0 atom stereocenters. The Labute approximate surface area is 232 Å². The van der Waals surface area contributed by atoms with Gasteiger partial charge in [0, 0.05) is 5.39 Å². The van der Waals surface area contributed by atoms with Gasteiger partial charge in [-0.15, -0.1) is 9.15 Å². The Morgan fingerprint density at radius 1 is 0.618 bits per heavy atom. The molecule has 0 aromatic heterocycles. The van der Waals surface area contributed by atoms with Crippen molar-refractivity contribution in [3.8, 4) is 0 Å². The molecule has 168 valence electrons. The highest BCUT2D eigenvalue weighted by molar-refractivity contribution is 9.11. The van der Waals surface area contributed by atoms with Crippen LogP contribution in [0.1, 0.15) is 29.2 Å². The zero-order valence-corrected chi connectivity index (χ0v) is 25.1. The fraction of sp³-hybridized carbons (Fsp3) is 0.143. The first kappa shape index (κ1) is 22.8. The van der Waals surface area contributed by atoms with Crippen LogP contribution in [0.4, 0.5) is 11.4 Å². The van der Waals surface area contributed by atoms with Crippen molar-refractivity contribution in [3.63, 3.8) is 0 Å². The molecular weight excluding hydrogens is 684 g/mol. The number of rotatable bonds is 2. The minimum Gasteiger partial charge on any atom is -0.121 e. The van der Waals surface area contributed by atoms with Gasteiger partial charge in [0.2, 0.25) is 11.4 Å². The van der Waals surface area contributed by atoms with E-state index in [1.54, 1.807) is 0 Å². The van der Waals surface area contributed by atoms with Gasteiger partial charge in [-0.1, -0.05) is 24.3 Å². The molecule has 34 heavy (non-hydrogen) atoms. The van der Waals surface area contributed by atoms with Crippen LogP contribution < -0.4 is 0 Å². The maximum atomic E-state index is 3.89. The topological polar surface area (TPSA) is 6.02 Å². The van der Waals surface area contributed by atoms with Crippen molar-refractivity contribution in [3.05, 3.63) is 101 Å². The van der Waals surface area contributed by atoms with Crippen LogP contribution in [0.3, 0.4) is 0 Å². The zero-order valence-electron chi connectivity index (χ0n) is 18.8. The van der Waals surface area contributed by atoms with Gasteiger partial charge in [-0.05, 0) is 130 Å². The quantitative estimate of drug-likeness (QED) is 0.184. The van der Waals surface area contributed by atoms with Gasteiger partial charge in [-0.25, -0.2) is 0 Å². The molecule has 1 heterocycles. The van der Waals surface area contributed by atoms with Crippen LogP contribution in [-0.2, 0) is 0 Å². The van der Waals surface area contributed by atoms with Crippen molar-refractivity contribution in [2.75, 3.05) is 0 Å². The van der Waals surface area contributed by atoms with E-state index in [0.29, 0.717) is 0 Å². The number of aryl methyl sites for hydroxylation is 2. The molecule has 0 N–H and O–H groups in total. The number of hydrogen-bond acceptors (Lipinski definition) is 0. The summed E-state index contributed by atoms with van der Waals surface area (Å²) < 4.78 is 9.23. The lowest BCUT2D eigenvalue weighted by molar-refractivity contribution is -0.688. The Kier molecular flexibility index (Phi) is 5.52. The van der Waals surface area contributed by atoms with E-state index < -0.39 is 0 Å². The maximum Gasteiger partial charge on any atom is 0.352 e. The predicted molar refractivity (Wildman–Crippen MR) is 155 cm³/mol. The number of halogens is 4. The molecular formula is C28H20Br4N2+2. The number of benzene rings is 4. The molecule has 4 aromatic carbocycles. The van der Waals surface area contributed by atoms with Crippen LogP contribution in [0.2, 0.25) is 0 Å². The highest BCUT2D eigenvalue weighted by Gasteiger charge is 2.54. The molecule has 2 aliphatic rings. The summed E-state index contributed by atoms with van der Waals surface area (Å²) in [4.78, 5) is 0. The lowest BCUT2D eigenvalue weighted by atomic mass is 10.0. The van der Waals surface area contributed by atoms with E-state index in [1.807, 2.05) is 0 Å². The van der Waals surface area contributed by atoms with Gasteiger partial charge in [-0.2, -0.15) is 0 Å². The van der Waals surface area contributed by atoms with Crippen LogP contribution in [0.15, 0.2) is 78.6 Å². The fourth-order valence-electron chi connectivity index (χ4n) is 5.41. The Morgan fingerprint density at radius 2 is 1.00 bits per heavy atom. The summed E-state index contributed by atoms with van der Waals surface area (Å²) in [5, 5.41) is 2.58. The molecule has 1 aliphatic carbocycles. The summed E-state index contributed by atoms with van der Waals surface area (Å²) in [5.74, 6) is 0. The first-order valence-electron chi connectivity index (χ1n) is 11.0. The normalized spacial score (nSPS) is 15.1. The minimum atomic E-state index is 0.0409. The molecule has 0 saturated carbocycles. The van der Waals surface area contributed by atoms with E-state index >= 15 is 0 Å². The van der Waals surface area contributed by atoms with Crippen molar-refractivity contribution >= 4 is 97.3 Å². The highest BCUT2D eigenvalue weighted by Crippen LogP contribution is 2.45. The monoisotopic (exact) mass is 700 g/mol. The van der Waals surface area contributed by atoms with Crippen LogP contribution in [0.5, 0.6) is 0 Å². The predicted octanol–water partition coefficient (Wildman–Crippen LogP) is 9.15. The lowest BCUT2D eigenvalue weighted by Crippen LogP contribution is -2.27. The molecule has 0 bridgehead atoms. The second-order valence-electron chi connectivity index (χ2n) is 8.93. The molecule has 6 rings (SSSR count). The summed E-state index contributed by atoms with van der Waals surface area (Å²) in [7, 11) is 0. The molecule has 4 aromatic rings. The van der Waals surface area contributed by atoms with Gasteiger partial charge in [0.15, 0.2) is 0 Å². The molecule has 0 fully saturated rings. The van der Waals surface area contributed by atoms with Crippen LogP contribution >= 0.6 is 63.7 Å². The maximum absolute atomic E-state index is 3.89. The lowest BCUT2D eigenvalue weighted by Gasteiger charge is -2.12. The standard InChI is InChI=1S/C28H20Br4N2/c1-14-10-20(29)27(21(30)11-14)33-16(3)34(28-22(31)12-15(2)13-23(28)32)26-19-9-5-7-17-6-4-8-18(24(17)19)25(26)33/h4-13,16H,1-3H3/q+2. The van der Waals surface area contributed by atoms with Gasteiger partial charge in [0.05, 0.1) is 35.9 Å². The third kappa shape index (κ3) is 3.22. The largest absolute Gasteiger partial charge is 0.352 e. The molecule has 0 radical (unpaired) electrons. The number of nitrogens with zero attached hydrogens (tertiary/aromatic N) is 2. The zero-order chi connectivity index (χ0) is 23.9. The smallest absolute Gasteiger partial charge is 0.121 e. The van der Waals surface area contributed by atoms with Crippen LogP contribution in [0, 0.1) is 13.8 Å². The molecule has 0 unspecified atom stereocenters. The highest BCUT2D eigenvalue weighted by atomic mass is 79.9. The molecule has 0 spiro atoms. The molecule has 1 aliphatic heterocycles. The van der Waals surface area contributed by atoms with E-state index in [2.05, 4.69) is 154 Å². The fourth-order valence-corrected chi connectivity index (χ4v) is 9.00. The van der Waals surface area contributed by atoms with E-state index in [0.717, 1.165) is 29.3 Å². The van der Waals surface area contributed by atoms with Crippen LogP contribution in [0.25, 0.3) is 10.8 Å². The van der Waals surface area contributed by atoms with Crippen molar-refractivity contribution in [1.82, 2.24) is 0 Å². The summed E-state index contributed by atoms with van der Waals surface area (Å²) in [6.45, 7) is 6.52. The number of fused-ring (bicyclic) bond motifs is 3. The SMILES string of the molecule is Cc1cc(Br)c([N+]2=C3C(=[N+](c4c(Br)cc(C)cc4Br)C2C)c2cccc4cccc3c24)c(Br)c1. The van der Waals surface area contributed by atoms with Gasteiger partial charge < -0.3 is 0 Å². The Bertz CT molecular complexity index is 1470. The third-order valence-electron chi connectivity index (χ3n) is 6.67. The molecule has 6 heteroatoms. The Balaban J connectivity index is 1.78. The Morgan fingerprint density at radius 3 is 1.38 bits per heavy atom. The van der Waals surface area contributed by atoms with Crippen molar-refractivity contribution in [1.29, 1.82) is 0 Å². The first-order chi connectivity index (χ1) is 16.3. The van der Waals surface area contributed by atoms with Gasteiger partial charge >= 0.3 is 6.17 Å². The van der Waals surface area contributed by atoms with Gasteiger partial charge in [0.1, 0.15) is 0 Å². The number of hydrogen-bond donors (Lipinski definition) is 0. The van der Waals surface area contributed by atoms with Crippen molar-refractivity contribution in [2.45, 2.75) is 26.9 Å². The van der Waals surface area contributed by atoms with Crippen molar-refractivity contribution in [2.24, 2.45) is 0 Å². The average Bonchev–Trinajstić information content (AvgIpc) is 3.22.